The summed E-state index contributed by atoms with van der Waals surface area (Å²) in [6.07, 6.45) is 3.82. The number of cyclic esters (lactones) is 1. The Hall–Kier alpha value is -4.24. The number of anilines is 3. The molecule has 1 atom stereocenters. The van der Waals surface area contributed by atoms with Gasteiger partial charge in [0.2, 0.25) is 0 Å². The molecule has 0 spiro atoms. The third-order valence-electron chi connectivity index (χ3n) is 6.74. The van der Waals surface area contributed by atoms with Crippen LogP contribution in [0.1, 0.15) is 66.0 Å². The first-order chi connectivity index (χ1) is 17.9. The minimum atomic E-state index is -0.699. The van der Waals surface area contributed by atoms with Gasteiger partial charge in [-0.3, -0.25) is 0 Å². The van der Waals surface area contributed by atoms with Crippen LogP contribution in [0.15, 0.2) is 65.3 Å². The maximum atomic E-state index is 12.2. The van der Waals surface area contributed by atoms with Gasteiger partial charge in [-0.05, 0) is 50.5 Å². The third kappa shape index (κ3) is 4.53. The van der Waals surface area contributed by atoms with E-state index >= 15 is 0 Å². The van der Waals surface area contributed by atoms with E-state index in [9.17, 15) is 9.90 Å². The van der Waals surface area contributed by atoms with Crippen molar-refractivity contribution in [2.75, 3.05) is 17.2 Å². The summed E-state index contributed by atoms with van der Waals surface area (Å²) in [4.78, 5) is 21.4. The Morgan fingerprint density at radius 1 is 1.11 bits per heavy atom. The quantitative estimate of drug-likeness (QED) is 0.278. The fourth-order valence-electron chi connectivity index (χ4n) is 4.56. The number of rotatable bonds is 8. The van der Waals surface area contributed by atoms with Gasteiger partial charge >= 0.3 is 5.97 Å². The number of ether oxygens (including phenoxy) is 1. The average molecular weight is 498 g/mol. The monoisotopic (exact) mass is 497 g/mol. The first kappa shape index (κ1) is 23.2. The molecular weight excluding hydrogens is 470 g/mol. The van der Waals surface area contributed by atoms with E-state index in [1.165, 1.54) is 0 Å². The number of aliphatic hydroxyl groups is 1. The Morgan fingerprint density at radius 2 is 1.92 bits per heavy atom. The number of nitrogens with one attached hydrogen (secondary N) is 2. The first-order valence-corrected chi connectivity index (χ1v) is 12.3. The molecule has 2 aromatic heterocycles. The number of aliphatic hydroxyl groups excluding tert-OH is 1. The van der Waals surface area contributed by atoms with E-state index in [0.717, 1.165) is 29.7 Å². The molecule has 0 radical (unpaired) electrons. The number of fused-ring (bicyclic) bond motifs is 1. The molecule has 0 saturated heterocycles. The van der Waals surface area contributed by atoms with Gasteiger partial charge in [-0.1, -0.05) is 35.5 Å². The predicted molar refractivity (Wildman–Crippen MR) is 138 cm³/mol. The SMILES string of the molecule is CC1(C)OC(=O)c2ccc(Nc3cc(N[C@H](CO)c4ccccc4)c(-c4nc(C5CC5)no4)cn3)cc21. The first-order valence-electron chi connectivity index (χ1n) is 12.3. The van der Waals surface area contributed by atoms with Crippen LogP contribution >= 0.6 is 0 Å². The molecule has 2 aliphatic rings. The highest BCUT2D eigenvalue weighted by Crippen LogP contribution is 2.40. The van der Waals surface area contributed by atoms with E-state index in [2.05, 4.69) is 25.8 Å². The lowest BCUT2D eigenvalue weighted by Gasteiger charge is -2.20. The Kier molecular flexibility index (Phi) is 5.64. The van der Waals surface area contributed by atoms with Crippen LogP contribution in [-0.2, 0) is 10.3 Å². The lowest BCUT2D eigenvalue weighted by molar-refractivity contribution is 0.00954. The zero-order valence-electron chi connectivity index (χ0n) is 20.6. The van der Waals surface area contributed by atoms with Crippen LogP contribution < -0.4 is 10.6 Å². The lowest BCUT2D eigenvalue weighted by Crippen LogP contribution is -2.16. The standard InChI is InChI=1S/C28H27N5O4/c1-28(2)21-12-18(10-11-19(21)27(35)36-28)30-24-13-22(31-23(15-34)16-6-4-3-5-7-16)20(14-29-24)26-32-25(33-37-26)17-8-9-17/h3-7,10-14,17,23,34H,8-9,15H2,1-2H3,(H2,29,30,31)/t23-/m1/s1. The van der Waals surface area contributed by atoms with Crippen LogP contribution in [0.5, 0.6) is 0 Å². The smallest absolute Gasteiger partial charge is 0.339 e. The largest absolute Gasteiger partial charge is 0.451 e. The highest BCUT2D eigenvalue weighted by Gasteiger charge is 2.37. The number of benzene rings is 2. The highest BCUT2D eigenvalue weighted by molar-refractivity contribution is 5.95. The van der Waals surface area contributed by atoms with Crippen molar-refractivity contribution in [2.45, 2.75) is 44.2 Å². The van der Waals surface area contributed by atoms with Crippen molar-refractivity contribution in [1.29, 1.82) is 0 Å². The molecule has 2 aromatic carbocycles. The number of aromatic nitrogens is 3. The normalized spacial score (nSPS) is 16.7. The second kappa shape index (κ2) is 9.01. The van der Waals surface area contributed by atoms with Crippen molar-refractivity contribution in [1.82, 2.24) is 15.1 Å². The summed E-state index contributed by atoms with van der Waals surface area (Å²) in [5.41, 5.74) is 3.73. The molecule has 1 saturated carbocycles. The summed E-state index contributed by atoms with van der Waals surface area (Å²) in [7, 11) is 0. The van der Waals surface area contributed by atoms with Crippen LogP contribution in [0.2, 0.25) is 0 Å². The summed E-state index contributed by atoms with van der Waals surface area (Å²) in [5.74, 6) is 1.70. The Labute approximate surface area is 213 Å². The fraction of sp³-hybridized carbons (Fsp3) is 0.286. The van der Waals surface area contributed by atoms with E-state index in [0.29, 0.717) is 40.3 Å². The van der Waals surface area contributed by atoms with Crippen LogP contribution in [-0.4, -0.2) is 32.8 Å². The van der Waals surface area contributed by atoms with Gasteiger partial charge in [0.05, 0.1) is 29.5 Å². The van der Waals surface area contributed by atoms with Crippen molar-refractivity contribution in [2.24, 2.45) is 0 Å². The van der Waals surface area contributed by atoms with Gasteiger partial charge < -0.3 is 25.0 Å². The zero-order chi connectivity index (χ0) is 25.6. The molecule has 188 valence electrons. The van der Waals surface area contributed by atoms with Gasteiger partial charge in [-0.2, -0.15) is 4.98 Å². The van der Waals surface area contributed by atoms with E-state index in [-0.39, 0.29) is 18.6 Å². The van der Waals surface area contributed by atoms with E-state index in [1.807, 2.05) is 62.4 Å². The number of esters is 1. The van der Waals surface area contributed by atoms with E-state index < -0.39 is 5.60 Å². The zero-order valence-corrected chi connectivity index (χ0v) is 20.6. The minimum Gasteiger partial charge on any atom is -0.451 e. The fourth-order valence-corrected chi connectivity index (χ4v) is 4.56. The van der Waals surface area contributed by atoms with Gasteiger partial charge in [0.1, 0.15) is 11.4 Å². The average Bonchev–Trinajstić information content (AvgIpc) is 3.58. The summed E-state index contributed by atoms with van der Waals surface area (Å²) in [5, 5.41) is 21.1. The predicted octanol–water partition coefficient (Wildman–Crippen LogP) is 5.30. The molecule has 1 aliphatic carbocycles. The topological polar surface area (TPSA) is 122 Å². The van der Waals surface area contributed by atoms with Gasteiger partial charge in [-0.25, -0.2) is 9.78 Å². The molecule has 0 unspecified atom stereocenters. The lowest BCUT2D eigenvalue weighted by atomic mass is 9.95. The van der Waals surface area contributed by atoms with E-state index in [4.69, 9.17) is 9.26 Å². The minimum absolute atomic E-state index is 0.111. The van der Waals surface area contributed by atoms with Gasteiger partial charge in [0, 0.05) is 29.4 Å². The number of hydrogen-bond donors (Lipinski definition) is 3. The van der Waals surface area contributed by atoms with Crippen molar-refractivity contribution >= 4 is 23.2 Å². The van der Waals surface area contributed by atoms with Crippen molar-refractivity contribution in [3.8, 4) is 11.5 Å². The molecule has 6 rings (SSSR count). The van der Waals surface area contributed by atoms with E-state index in [1.54, 1.807) is 12.3 Å². The maximum Gasteiger partial charge on any atom is 0.339 e. The van der Waals surface area contributed by atoms with Gasteiger partial charge in [0.25, 0.3) is 5.89 Å². The molecule has 9 nitrogen and oxygen atoms in total. The Bertz CT molecular complexity index is 1460. The number of nitrogens with zero attached hydrogens (tertiary/aromatic N) is 3. The van der Waals surface area contributed by atoms with Crippen LogP contribution in [0.25, 0.3) is 11.5 Å². The number of carbonyl (C=O) groups excluding carboxylic acids is 1. The number of pyridine rings is 1. The van der Waals surface area contributed by atoms with Crippen LogP contribution in [0, 0.1) is 0 Å². The summed E-state index contributed by atoms with van der Waals surface area (Å²) in [6, 6.07) is 16.7. The summed E-state index contributed by atoms with van der Waals surface area (Å²) >= 11 is 0. The molecule has 0 amide bonds. The molecule has 4 aromatic rings. The maximum absolute atomic E-state index is 12.2. The van der Waals surface area contributed by atoms with Crippen molar-refractivity contribution in [3.63, 3.8) is 0 Å². The number of carbonyl (C=O) groups is 1. The summed E-state index contributed by atoms with van der Waals surface area (Å²) in [6.45, 7) is 3.63. The highest BCUT2D eigenvalue weighted by atomic mass is 16.6. The van der Waals surface area contributed by atoms with Gasteiger partial charge in [0.15, 0.2) is 5.82 Å². The Morgan fingerprint density at radius 3 is 2.68 bits per heavy atom. The molecule has 3 N–H and O–H groups in total. The molecule has 3 heterocycles. The molecule has 1 fully saturated rings. The third-order valence-corrected chi connectivity index (χ3v) is 6.74. The number of hydrogen-bond acceptors (Lipinski definition) is 9. The van der Waals surface area contributed by atoms with Crippen molar-refractivity contribution in [3.05, 3.63) is 83.3 Å². The second-order valence-corrected chi connectivity index (χ2v) is 9.92. The van der Waals surface area contributed by atoms with Gasteiger partial charge in [-0.15, -0.1) is 0 Å². The van der Waals surface area contributed by atoms with Crippen LogP contribution in [0.4, 0.5) is 17.2 Å². The van der Waals surface area contributed by atoms with Crippen molar-refractivity contribution < 1.29 is 19.2 Å². The molecule has 9 heteroatoms. The second-order valence-electron chi connectivity index (χ2n) is 9.92. The molecule has 37 heavy (non-hydrogen) atoms. The molecule has 0 bridgehead atoms. The molecular formula is C28H27N5O4. The Balaban J connectivity index is 1.35. The summed E-state index contributed by atoms with van der Waals surface area (Å²) < 4.78 is 11.1. The molecule has 1 aliphatic heterocycles. The van der Waals surface area contributed by atoms with Crippen LogP contribution in [0.3, 0.4) is 0 Å².